The number of amides is 2. The van der Waals surface area contributed by atoms with Gasteiger partial charge in [-0.25, -0.2) is 23.8 Å². The van der Waals surface area contributed by atoms with Gasteiger partial charge in [0, 0.05) is 29.7 Å². The van der Waals surface area contributed by atoms with Crippen LogP contribution in [0.3, 0.4) is 0 Å². The number of hydrogen-bond donors (Lipinski definition) is 2. The minimum atomic E-state index is -0.482. The smallest absolute Gasteiger partial charge is 0.320 e. The maximum atomic E-state index is 14.0. The van der Waals surface area contributed by atoms with Crippen molar-refractivity contribution in [1.29, 1.82) is 0 Å². The van der Waals surface area contributed by atoms with Crippen molar-refractivity contribution in [2.24, 2.45) is 0 Å². The van der Waals surface area contributed by atoms with Gasteiger partial charge in [0.15, 0.2) is 0 Å². The molecule has 4 aromatic rings. The van der Waals surface area contributed by atoms with E-state index in [9.17, 15) is 9.18 Å². The Morgan fingerprint density at radius 3 is 2.53 bits per heavy atom. The number of halogens is 2. The molecule has 0 bridgehead atoms. The van der Waals surface area contributed by atoms with Crippen LogP contribution >= 0.6 is 11.6 Å². The minimum Gasteiger partial charge on any atom is -0.439 e. The average molecular weight is 509 g/mol. The summed E-state index contributed by atoms with van der Waals surface area (Å²) in [7, 11) is 0. The van der Waals surface area contributed by atoms with E-state index in [1.165, 1.54) is 30.6 Å². The molecule has 36 heavy (non-hydrogen) atoms. The molecule has 4 rings (SSSR count). The highest BCUT2D eigenvalue weighted by Crippen LogP contribution is 2.28. The number of ether oxygens (including phenoxy) is 1. The Kier molecular flexibility index (Phi) is 7.21. The second-order valence-corrected chi connectivity index (χ2v) is 9.64. The first-order valence-corrected chi connectivity index (χ1v) is 11.6. The highest BCUT2D eigenvalue weighted by atomic mass is 35.5. The Morgan fingerprint density at radius 1 is 1.08 bits per heavy atom. The SMILES string of the molecule is Cc1ccc(-n2nc(C(C)(C)C)cc2NC(=O)NCc2cc(F)ccc2Oc2cc(Cl)ncn2)cc1. The number of urea groups is 1. The van der Waals surface area contributed by atoms with E-state index >= 15 is 0 Å². The normalized spacial score (nSPS) is 11.3. The predicted octanol–water partition coefficient (Wildman–Crippen LogP) is 6.17. The van der Waals surface area contributed by atoms with E-state index in [0.717, 1.165) is 16.9 Å². The van der Waals surface area contributed by atoms with Crippen LogP contribution in [-0.4, -0.2) is 25.8 Å². The lowest BCUT2D eigenvalue weighted by molar-refractivity contribution is 0.251. The van der Waals surface area contributed by atoms with Crippen molar-refractivity contribution in [2.75, 3.05) is 5.32 Å². The molecule has 2 aromatic heterocycles. The Labute approximate surface area is 213 Å². The van der Waals surface area contributed by atoms with Crippen LogP contribution < -0.4 is 15.4 Å². The van der Waals surface area contributed by atoms with E-state index in [0.29, 0.717) is 17.1 Å². The third-order valence-corrected chi connectivity index (χ3v) is 5.49. The number of nitrogens with zero attached hydrogens (tertiary/aromatic N) is 4. The zero-order chi connectivity index (χ0) is 25.9. The van der Waals surface area contributed by atoms with Crippen molar-refractivity contribution in [3.8, 4) is 17.3 Å². The Balaban J connectivity index is 1.52. The first-order chi connectivity index (χ1) is 17.1. The fourth-order valence-electron chi connectivity index (χ4n) is 3.33. The Morgan fingerprint density at radius 2 is 1.83 bits per heavy atom. The van der Waals surface area contributed by atoms with Crippen molar-refractivity contribution >= 4 is 23.4 Å². The van der Waals surface area contributed by atoms with Crippen molar-refractivity contribution in [1.82, 2.24) is 25.1 Å². The van der Waals surface area contributed by atoms with Crippen molar-refractivity contribution in [2.45, 2.75) is 39.7 Å². The lowest BCUT2D eigenvalue weighted by Crippen LogP contribution is -2.29. The van der Waals surface area contributed by atoms with Crippen LogP contribution in [0, 0.1) is 12.7 Å². The third-order valence-electron chi connectivity index (χ3n) is 5.28. The zero-order valence-corrected chi connectivity index (χ0v) is 21.1. The van der Waals surface area contributed by atoms with E-state index in [1.807, 2.05) is 37.3 Å². The summed E-state index contributed by atoms with van der Waals surface area (Å²) in [6.07, 6.45) is 1.26. The molecular weight excluding hydrogens is 483 g/mol. The van der Waals surface area contributed by atoms with E-state index in [1.54, 1.807) is 4.68 Å². The van der Waals surface area contributed by atoms with Gasteiger partial charge in [0.2, 0.25) is 5.88 Å². The monoisotopic (exact) mass is 508 g/mol. The number of anilines is 1. The standard InChI is InChI=1S/C26H26ClFN6O2/c1-16-5-8-19(9-6-16)34-23(12-21(33-34)26(2,3)4)32-25(35)29-14-17-11-18(28)7-10-20(17)36-24-13-22(27)30-15-31-24/h5-13,15H,14H2,1-4H3,(H2,29,32,35). The number of hydrogen-bond acceptors (Lipinski definition) is 5. The first kappa shape index (κ1) is 25.1. The highest BCUT2D eigenvalue weighted by Gasteiger charge is 2.21. The van der Waals surface area contributed by atoms with Crippen LogP contribution in [-0.2, 0) is 12.0 Å². The molecule has 0 spiro atoms. The van der Waals surface area contributed by atoms with Gasteiger partial charge < -0.3 is 10.1 Å². The predicted molar refractivity (Wildman–Crippen MR) is 136 cm³/mol. The molecule has 0 saturated heterocycles. The molecule has 2 amide bonds. The second-order valence-electron chi connectivity index (χ2n) is 9.25. The number of carbonyl (C=O) groups excluding carboxylic acids is 1. The summed E-state index contributed by atoms with van der Waals surface area (Å²) in [6, 6.07) is 14.6. The summed E-state index contributed by atoms with van der Waals surface area (Å²) in [5.74, 6) is 0.565. The molecule has 0 aliphatic carbocycles. The van der Waals surface area contributed by atoms with Crippen LogP contribution in [0.4, 0.5) is 15.0 Å². The number of rotatable bonds is 6. The molecule has 0 radical (unpaired) electrons. The number of nitrogens with one attached hydrogen (secondary N) is 2. The molecule has 8 nitrogen and oxygen atoms in total. The Hall–Kier alpha value is -3.98. The summed E-state index contributed by atoms with van der Waals surface area (Å²) in [6.45, 7) is 8.16. The van der Waals surface area contributed by atoms with Gasteiger partial charge in [-0.1, -0.05) is 50.1 Å². The fraction of sp³-hybridized carbons (Fsp3) is 0.231. The van der Waals surface area contributed by atoms with Gasteiger partial charge in [-0.15, -0.1) is 0 Å². The largest absolute Gasteiger partial charge is 0.439 e. The van der Waals surface area contributed by atoms with Gasteiger partial charge in [-0.2, -0.15) is 5.10 Å². The van der Waals surface area contributed by atoms with Gasteiger partial charge in [0.1, 0.15) is 28.9 Å². The molecule has 2 N–H and O–H groups in total. The van der Waals surface area contributed by atoms with Crippen molar-refractivity contribution < 1.29 is 13.9 Å². The molecule has 0 fully saturated rings. The van der Waals surface area contributed by atoms with Crippen LogP contribution in [0.25, 0.3) is 5.69 Å². The number of aryl methyl sites for hydroxylation is 1. The number of carbonyl (C=O) groups is 1. The van der Waals surface area contributed by atoms with Gasteiger partial charge in [0.25, 0.3) is 0 Å². The molecular formula is C26H26ClFN6O2. The lowest BCUT2D eigenvalue weighted by atomic mass is 9.92. The topological polar surface area (TPSA) is 94.0 Å². The third kappa shape index (κ3) is 6.17. The maximum absolute atomic E-state index is 14.0. The molecule has 0 atom stereocenters. The van der Waals surface area contributed by atoms with Gasteiger partial charge >= 0.3 is 6.03 Å². The average Bonchev–Trinajstić information content (AvgIpc) is 3.24. The zero-order valence-electron chi connectivity index (χ0n) is 20.3. The van der Waals surface area contributed by atoms with E-state index < -0.39 is 11.8 Å². The molecule has 2 heterocycles. The molecule has 0 unspecified atom stereocenters. The summed E-state index contributed by atoms with van der Waals surface area (Å²) in [5, 5.41) is 10.5. The molecule has 10 heteroatoms. The quantitative estimate of drug-likeness (QED) is 0.303. The van der Waals surface area contributed by atoms with Crippen molar-refractivity contribution in [3.05, 3.63) is 88.7 Å². The molecule has 0 aliphatic rings. The summed E-state index contributed by atoms with van der Waals surface area (Å²) < 4.78 is 21.4. The van der Waals surface area contributed by atoms with Crippen LogP contribution in [0.15, 0.2) is 60.9 Å². The van der Waals surface area contributed by atoms with Gasteiger partial charge in [-0.3, -0.25) is 5.32 Å². The number of benzene rings is 2. The minimum absolute atomic E-state index is 0.00252. The van der Waals surface area contributed by atoms with Crippen LogP contribution in [0.5, 0.6) is 11.6 Å². The Bertz CT molecular complexity index is 1380. The highest BCUT2D eigenvalue weighted by molar-refractivity contribution is 6.29. The summed E-state index contributed by atoms with van der Waals surface area (Å²) in [5.41, 5.74) is 2.95. The van der Waals surface area contributed by atoms with E-state index in [4.69, 9.17) is 21.4 Å². The fourth-order valence-corrected chi connectivity index (χ4v) is 3.46. The van der Waals surface area contributed by atoms with Crippen LogP contribution in [0.2, 0.25) is 5.15 Å². The van der Waals surface area contributed by atoms with Gasteiger partial charge in [0.05, 0.1) is 11.4 Å². The maximum Gasteiger partial charge on any atom is 0.320 e. The summed E-state index contributed by atoms with van der Waals surface area (Å²) in [4.78, 5) is 20.6. The van der Waals surface area contributed by atoms with E-state index in [-0.39, 0.29) is 23.0 Å². The van der Waals surface area contributed by atoms with Crippen LogP contribution in [0.1, 0.15) is 37.6 Å². The van der Waals surface area contributed by atoms with E-state index in [2.05, 4.69) is 41.4 Å². The van der Waals surface area contributed by atoms with Crippen molar-refractivity contribution in [3.63, 3.8) is 0 Å². The summed E-state index contributed by atoms with van der Waals surface area (Å²) >= 11 is 5.89. The number of aromatic nitrogens is 4. The molecule has 2 aromatic carbocycles. The molecule has 0 saturated carbocycles. The lowest BCUT2D eigenvalue weighted by Gasteiger charge is -2.14. The first-order valence-electron chi connectivity index (χ1n) is 11.2. The molecule has 186 valence electrons. The van der Waals surface area contributed by atoms with Gasteiger partial charge in [-0.05, 0) is 37.3 Å². The second kappa shape index (κ2) is 10.3. The molecule has 0 aliphatic heterocycles.